The summed E-state index contributed by atoms with van der Waals surface area (Å²) in [6.07, 6.45) is 5.83. The van der Waals surface area contributed by atoms with Crippen molar-refractivity contribution in [3.63, 3.8) is 0 Å². The van der Waals surface area contributed by atoms with E-state index in [1.54, 1.807) is 0 Å². The SMILES string of the molecule is C=C(c1ccc(C)cc1)C1COC2(CC[CH]CC2)OO1. The van der Waals surface area contributed by atoms with Gasteiger partial charge < -0.3 is 4.74 Å². The molecule has 2 fully saturated rings. The van der Waals surface area contributed by atoms with Crippen LogP contribution in [0.3, 0.4) is 0 Å². The first-order valence-corrected chi connectivity index (χ1v) is 7.24. The molecule has 1 aromatic carbocycles. The third kappa shape index (κ3) is 2.80. The number of benzene rings is 1. The zero-order valence-corrected chi connectivity index (χ0v) is 11.9. The van der Waals surface area contributed by atoms with Gasteiger partial charge in [0, 0.05) is 12.8 Å². The van der Waals surface area contributed by atoms with Crippen LogP contribution in [0.4, 0.5) is 0 Å². The highest BCUT2D eigenvalue weighted by molar-refractivity contribution is 5.67. The highest BCUT2D eigenvalue weighted by Gasteiger charge is 2.41. The van der Waals surface area contributed by atoms with Gasteiger partial charge in [0.15, 0.2) is 0 Å². The van der Waals surface area contributed by atoms with Crippen LogP contribution in [0.2, 0.25) is 0 Å². The standard InChI is InChI=1S/C17H21O3/c1-13-6-8-15(9-7-13)14(2)16-12-18-17(20-19-16)10-4-3-5-11-17/h3,6-9,16H,2,4-5,10-12H2,1H3. The molecule has 1 saturated carbocycles. The van der Waals surface area contributed by atoms with Crippen LogP contribution in [0, 0.1) is 13.3 Å². The summed E-state index contributed by atoms with van der Waals surface area (Å²) in [6, 6.07) is 8.26. The largest absolute Gasteiger partial charge is 0.344 e. The van der Waals surface area contributed by atoms with Gasteiger partial charge in [-0.3, -0.25) is 0 Å². The number of hydrogen-bond donors (Lipinski definition) is 0. The van der Waals surface area contributed by atoms with Crippen molar-refractivity contribution in [3.8, 4) is 0 Å². The Hall–Kier alpha value is -1.16. The lowest BCUT2D eigenvalue weighted by Gasteiger charge is -2.41. The molecule has 3 heteroatoms. The predicted octanol–water partition coefficient (Wildman–Crippen LogP) is 3.83. The van der Waals surface area contributed by atoms with Gasteiger partial charge in [0.25, 0.3) is 0 Å². The Morgan fingerprint density at radius 1 is 1.20 bits per heavy atom. The number of hydrogen-bond acceptors (Lipinski definition) is 3. The first-order valence-electron chi connectivity index (χ1n) is 7.24. The zero-order valence-electron chi connectivity index (χ0n) is 11.9. The molecule has 2 aliphatic rings. The summed E-state index contributed by atoms with van der Waals surface area (Å²) in [5.41, 5.74) is 3.21. The molecule has 1 saturated heterocycles. The van der Waals surface area contributed by atoms with Crippen LogP contribution >= 0.6 is 0 Å². The summed E-state index contributed by atoms with van der Waals surface area (Å²) in [7, 11) is 0. The highest BCUT2D eigenvalue weighted by Crippen LogP contribution is 2.37. The first kappa shape index (κ1) is 13.8. The Bertz CT molecular complexity index is 462. The Balaban J connectivity index is 1.62. The van der Waals surface area contributed by atoms with E-state index >= 15 is 0 Å². The van der Waals surface area contributed by atoms with E-state index < -0.39 is 5.79 Å². The molecular weight excluding hydrogens is 252 g/mol. The van der Waals surface area contributed by atoms with Gasteiger partial charge in [-0.25, -0.2) is 9.78 Å². The molecule has 0 N–H and O–H groups in total. The van der Waals surface area contributed by atoms with Crippen molar-refractivity contribution in [2.75, 3.05) is 6.61 Å². The second kappa shape index (κ2) is 5.68. The molecule has 107 valence electrons. The van der Waals surface area contributed by atoms with Crippen molar-refractivity contribution in [1.82, 2.24) is 0 Å². The maximum Gasteiger partial charge on any atom is 0.201 e. The van der Waals surface area contributed by atoms with E-state index in [4.69, 9.17) is 14.5 Å². The lowest BCUT2D eigenvalue weighted by Crippen LogP contribution is -2.46. The summed E-state index contributed by atoms with van der Waals surface area (Å²) in [6.45, 7) is 6.70. The van der Waals surface area contributed by atoms with Crippen molar-refractivity contribution in [2.24, 2.45) is 0 Å². The molecule has 1 spiro atoms. The molecule has 1 unspecified atom stereocenters. The average Bonchev–Trinajstić information content (AvgIpc) is 2.49. The van der Waals surface area contributed by atoms with E-state index in [0.29, 0.717) is 6.61 Å². The third-order valence-corrected chi connectivity index (χ3v) is 4.08. The van der Waals surface area contributed by atoms with Crippen LogP contribution in [-0.2, 0) is 14.5 Å². The monoisotopic (exact) mass is 273 g/mol. The Labute approximate surface area is 120 Å². The lowest BCUT2D eigenvalue weighted by molar-refractivity contribution is -0.482. The van der Waals surface area contributed by atoms with Gasteiger partial charge in [-0.05, 0) is 37.3 Å². The molecule has 1 atom stereocenters. The van der Waals surface area contributed by atoms with Crippen molar-refractivity contribution in [2.45, 2.75) is 44.5 Å². The normalized spacial score (nSPS) is 25.6. The Morgan fingerprint density at radius 3 is 2.50 bits per heavy atom. The molecular formula is C17H21O3. The third-order valence-electron chi connectivity index (χ3n) is 4.08. The van der Waals surface area contributed by atoms with Crippen molar-refractivity contribution >= 4 is 5.57 Å². The summed E-state index contributed by atoms with van der Waals surface area (Å²) in [5, 5.41) is 0. The van der Waals surface area contributed by atoms with Crippen LogP contribution in [-0.4, -0.2) is 18.5 Å². The topological polar surface area (TPSA) is 27.7 Å². The van der Waals surface area contributed by atoms with Gasteiger partial charge in [0.1, 0.15) is 6.10 Å². The van der Waals surface area contributed by atoms with E-state index in [2.05, 4.69) is 44.2 Å². The molecule has 20 heavy (non-hydrogen) atoms. The van der Waals surface area contributed by atoms with Crippen LogP contribution in [0.5, 0.6) is 0 Å². The fraction of sp³-hybridized carbons (Fsp3) is 0.471. The summed E-state index contributed by atoms with van der Waals surface area (Å²) in [4.78, 5) is 11.2. The van der Waals surface area contributed by atoms with E-state index in [1.807, 2.05) is 0 Å². The van der Waals surface area contributed by atoms with Crippen molar-refractivity contribution in [3.05, 3.63) is 48.4 Å². The molecule has 0 bridgehead atoms. The van der Waals surface area contributed by atoms with Crippen LogP contribution in [0.1, 0.15) is 36.8 Å². The summed E-state index contributed by atoms with van der Waals surface area (Å²) >= 11 is 0. The van der Waals surface area contributed by atoms with Gasteiger partial charge in [-0.2, -0.15) is 0 Å². The second-order valence-corrected chi connectivity index (χ2v) is 5.65. The van der Waals surface area contributed by atoms with Gasteiger partial charge in [-0.15, -0.1) is 0 Å². The van der Waals surface area contributed by atoms with Crippen molar-refractivity contribution in [1.29, 1.82) is 0 Å². The first-order chi connectivity index (χ1) is 9.69. The van der Waals surface area contributed by atoms with Crippen molar-refractivity contribution < 1.29 is 14.5 Å². The maximum atomic E-state index is 5.96. The fourth-order valence-electron chi connectivity index (χ4n) is 2.68. The molecule has 1 aliphatic heterocycles. The molecule has 1 radical (unpaired) electrons. The summed E-state index contributed by atoms with van der Waals surface area (Å²) in [5.74, 6) is -0.529. The van der Waals surface area contributed by atoms with Gasteiger partial charge in [0.2, 0.25) is 5.79 Å². The predicted molar refractivity (Wildman–Crippen MR) is 77.6 cm³/mol. The molecule has 1 heterocycles. The van der Waals surface area contributed by atoms with E-state index in [1.165, 1.54) is 5.56 Å². The van der Waals surface area contributed by atoms with Gasteiger partial charge in [0.05, 0.1) is 6.61 Å². The molecule has 0 amide bonds. The maximum absolute atomic E-state index is 5.96. The zero-order chi connectivity index (χ0) is 14.0. The number of aryl methyl sites for hydroxylation is 1. The molecule has 0 aromatic heterocycles. The van der Waals surface area contributed by atoms with Crippen LogP contribution in [0.25, 0.3) is 5.57 Å². The van der Waals surface area contributed by atoms with Gasteiger partial charge >= 0.3 is 0 Å². The molecule has 3 nitrogen and oxygen atoms in total. The Kier molecular flexibility index (Phi) is 3.92. The smallest absolute Gasteiger partial charge is 0.201 e. The lowest BCUT2D eigenvalue weighted by atomic mass is 9.94. The minimum Gasteiger partial charge on any atom is -0.344 e. The quantitative estimate of drug-likeness (QED) is 0.766. The van der Waals surface area contributed by atoms with E-state index in [9.17, 15) is 0 Å². The van der Waals surface area contributed by atoms with Crippen LogP contribution < -0.4 is 0 Å². The average molecular weight is 273 g/mol. The fourth-order valence-corrected chi connectivity index (χ4v) is 2.68. The number of ether oxygens (including phenoxy) is 1. The molecule has 1 aliphatic carbocycles. The Morgan fingerprint density at radius 2 is 1.90 bits per heavy atom. The minimum atomic E-state index is -0.529. The van der Waals surface area contributed by atoms with E-state index in [-0.39, 0.29) is 6.10 Å². The van der Waals surface area contributed by atoms with Crippen LogP contribution in [0.15, 0.2) is 30.8 Å². The van der Waals surface area contributed by atoms with E-state index in [0.717, 1.165) is 36.8 Å². The molecule has 3 rings (SSSR count). The number of rotatable bonds is 2. The molecule has 1 aromatic rings. The summed E-state index contributed by atoms with van der Waals surface area (Å²) < 4.78 is 5.96. The highest BCUT2D eigenvalue weighted by atomic mass is 17.2. The van der Waals surface area contributed by atoms with Gasteiger partial charge in [-0.1, -0.05) is 36.4 Å². The second-order valence-electron chi connectivity index (χ2n) is 5.65. The minimum absolute atomic E-state index is 0.228.